The zero-order valence-electron chi connectivity index (χ0n) is 13.3. The molecule has 0 amide bonds. The van der Waals surface area contributed by atoms with Crippen molar-refractivity contribution >= 4 is 16.9 Å². The van der Waals surface area contributed by atoms with Gasteiger partial charge in [-0.15, -0.1) is 0 Å². The molecule has 0 atom stereocenters. The van der Waals surface area contributed by atoms with E-state index in [4.69, 9.17) is 0 Å². The van der Waals surface area contributed by atoms with E-state index in [-0.39, 0.29) is 5.82 Å². The summed E-state index contributed by atoms with van der Waals surface area (Å²) in [7, 11) is 5.64. The van der Waals surface area contributed by atoms with E-state index in [2.05, 4.69) is 19.4 Å². The van der Waals surface area contributed by atoms with Crippen LogP contribution in [0.1, 0.15) is 0 Å². The highest BCUT2D eigenvalue weighted by molar-refractivity contribution is 5.79. The molecule has 0 aliphatic heterocycles. The van der Waals surface area contributed by atoms with Crippen molar-refractivity contribution in [1.82, 2.24) is 24.0 Å². The van der Waals surface area contributed by atoms with E-state index < -0.39 is 4.92 Å². The average molecular weight is 314 g/mol. The van der Waals surface area contributed by atoms with Gasteiger partial charge in [0.15, 0.2) is 0 Å². The van der Waals surface area contributed by atoms with Gasteiger partial charge in [-0.1, -0.05) is 12.1 Å². The third-order valence-electron chi connectivity index (χ3n) is 3.78. The summed E-state index contributed by atoms with van der Waals surface area (Å²) in [4.78, 5) is 21.5. The number of hydrogen-bond donors (Lipinski definition) is 0. The number of imidazole rings is 2. The van der Waals surface area contributed by atoms with E-state index in [9.17, 15) is 10.1 Å². The van der Waals surface area contributed by atoms with Crippen molar-refractivity contribution in [2.24, 2.45) is 7.05 Å². The molecular formula is C15H18N6O2. The second kappa shape index (κ2) is 5.81. The van der Waals surface area contributed by atoms with Gasteiger partial charge in [0.05, 0.1) is 18.1 Å². The van der Waals surface area contributed by atoms with Gasteiger partial charge in [0, 0.05) is 13.1 Å². The standard InChI is InChI=1S/C15H18N6O2/c1-18(2)8-9-20-12-7-5-4-6-11(12)17-15(20)14-16-10-13(19(14)3)21(22)23/h4-7,10H,8-9H2,1-3H3. The van der Waals surface area contributed by atoms with Gasteiger partial charge in [0.25, 0.3) is 5.82 Å². The molecular weight excluding hydrogens is 296 g/mol. The second-order valence-corrected chi connectivity index (χ2v) is 5.64. The summed E-state index contributed by atoms with van der Waals surface area (Å²) in [6.07, 6.45) is 1.27. The van der Waals surface area contributed by atoms with Gasteiger partial charge in [-0.05, 0) is 31.2 Å². The molecule has 3 rings (SSSR count). The van der Waals surface area contributed by atoms with E-state index in [0.717, 1.165) is 24.1 Å². The molecule has 8 nitrogen and oxygen atoms in total. The predicted octanol–water partition coefficient (Wildman–Crippen LogP) is 1.91. The minimum atomic E-state index is -0.441. The first kappa shape index (κ1) is 15.2. The highest BCUT2D eigenvalue weighted by atomic mass is 16.6. The Labute approximate surface area is 133 Å². The number of hydrogen-bond acceptors (Lipinski definition) is 5. The molecule has 0 aliphatic carbocycles. The molecule has 8 heteroatoms. The Kier molecular flexibility index (Phi) is 3.83. The number of nitrogens with zero attached hydrogens (tertiary/aromatic N) is 6. The lowest BCUT2D eigenvalue weighted by atomic mass is 10.3. The van der Waals surface area contributed by atoms with Crippen LogP contribution >= 0.6 is 0 Å². The van der Waals surface area contributed by atoms with E-state index in [1.807, 2.05) is 38.4 Å². The molecule has 23 heavy (non-hydrogen) atoms. The molecule has 120 valence electrons. The summed E-state index contributed by atoms with van der Waals surface area (Å²) in [5, 5.41) is 11.0. The largest absolute Gasteiger partial charge is 0.358 e. The fraction of sp³-hybridized carbons (Fsp3) is 0.333. The molecule has 3 aromatic rings. The Bertz CT molecular complexity index is 864. The first-order valence-corrected chi connectivity index (χ1v) is 7.25. The van der Waals surface area contributed by atoms with Crippen LogP contribution in [0.5, 0.6) is 0 Å². The summed E-state index contributed by atoms with van der Waals surface area (Å²) < 4.78 is 3.52. The SMILES string of the molecule is CN(C)CCn1c(-c2ncc([N+](=O)[O-])n2C)nc2ccccc21. The molecule has 0 fully saturated rings. The number of para-hydroxylation sites is 2. The van der Waals surface area contributed by atoms with Crippen molar-refractivity contribution in [2.75, 3.05) is 20.6 Å². The molecule has 0 unspecified atom stereocenters. The molecule has 0 spiro atoms. The van der Waals surface area contributed by atoms with Crippen molar-refractivity contribution < 1.29 is 4.92 Å². The Balaban J connectivity index is 2.16. The molecule has 2 heterocycles. The molecule has 0 radical (unpaired) electrons. The van der Waals surface area contributed by atoms with Crippen LogP contribution < -0.4 is 0 Å². The number of aromatic nitrogens is 4. The van der Waals surface area contributed by atoms with Crippen molar-refractivity contribution in [2.45, 2.75) is 6.54 Å². The van der Waals surface area contributed by atoms with Crippen LogP contribution in [0, 0.1) is 10.1 Å². The molecule has 0 N–H and O–H groups in total. The maximum atomic E-state index is 11.0. The zero-order chi connectivity index (χ0) is 16.6. The normalized spacial score (nSPS) is 11.5. The van der Waals surface area contributed by atoms with Crippen LogP contribution in [0.4, 0.5) is 5.82 Å². The zero-order valence-corrected chi connectivity index (χ0v) is 13.3. The number of rotatable bonds is 5. The topological polar surface area (TPSA) is 82.0 Å². The predicted molar refractivity (Wildman–Crippen MR) is 87.1 cm³/mol. The monoisotopic (exact) mass is 314 g/mol. The summed E-state index contributed by atoms with van der Waals surface area (Å²) in [5.41, 5.74) is 1.85. The molecule has 0 saturated heterocycles. The Morgan fingerprint density at radius 2 is 2.00 bits per heavy atom. The highest BCUT2D eigenvalue weighted by Gasteiger charge is 2.23. The smallest absolute Gasteiger partial charge is 0.343 e. The first-order chi connectivity index (χ1) is 11.0. The quantitative estimate of drug-likeness (QED) is 0.530. The molecule has 0 aliphatic rings. The Morgan fingerprint density at radius 3 is 2.65 bits per heavy atom. The van der Waals surface area contributed by atoms with Crippen LogP contribution in [0.2, 0.25) is 0 Å². The molecule has 0 saturated carbocycles. The lowest BCUT2D eigenvalue weighted by molar-refractivity contribution is -0.391. The van der Waals surface area contributed by atoms with Crippen LogP contribution in [-0.2, 0) is 13.6 Å². The highest BCUT2D eigenvalue weighted by Crippen LogP contribution is 2.26. The summed E-state index contributed by atoms with van der Waals surface area (Å²) >= 11 is 0. The summed E-state index contributed by atoms with van der Waals surface area (Å²) in [5.74, 6) is 1.08. The van der Waals surface area contributed by atoms with Crippen LogP contribution in [0.3, 0.4) is 0 Å². The number of likely N-dealkylation sites (N-methyl/N-ethyl adjacent to an activating group) is 1. The van der Waals surface area contributed by atoms with Crippen molar-refractivity contribution in [1.29, 1.82) is 0 Å². The van der Waals surface area contributed by atoms with Gasteiger partial charge >= 0.3 is 5.82 Å². The van der Waals surface area contributed by atoms with Gasteiger partial charge in [-0.2, -0.15) is 0 Å². The maximum Gasteiger partial charge on any atom is 0.343 e. The third kappa shape index (κ3) is 2.68. The average Bonchev–Trinajstić information content (AvgIpc) is 3.05. The van der Waals surface area contributed by atoms with E-state index in [0.29, 0.717) is 11.6 Å². The van der Waals surface area contributed by atoms with Crippen LogP contribution in [0.15, 0.2) is 30.5 Å². The fourth-order valence-corrected chi connectivity index (χ4v) is 2.55. The van der Waals surface area contributed by atoms with Gasteiger partial charge in [0.2, 0.25) is 5.82 Å². The third-order valence-corrected chi connectivity index (χ3v) is 3.78. The van der Waals surface area contributed by atoms with Gasteiger partial charge < -0.3 is 19.6 Å². The Hall–Kier alpha value is -2.74. The van der Waals surface area contributed by atoms with Crippen LogP contribution in [-0.4, -0.2) is 49.6 Å². The summed E-state index contributed by atoms with van der Waals surface area (Å²) in [6, 6.07) is 7.82. The Morgan fingerprint density at radius 1 is 1.26 bits per heavy atom. The fourth-order valence-electron chi connectivity index (χ4n) is 2.55. The number of fused-ring (bicyclic) bond motifs is 1. The number of benzene rings is 1. The minimum Gasteiger partial charge on any atom is -0.358 e. The van der Waals surface area contributed by atoms with Crippen LogP contribution in [0.25, 0.3) is 22.7 Å². The molecule has 1 aromatic carbocycles. The second-order valence-electron chi connectivity index (χ2n) is 5.64. The molecule has 2 aromatic heterocycles. The lowest BCUT2D eigenvalue weighted by Gasteiger charge is -2.12. The van der Waals surface area contributed by atoms with Gasteiger partial charge in [0.1, 0.15) is 6.20 Å². The van der Waals surface area contributed by atoms with E-state index >= 15 is 0 Å². The van der Waals surface area contributed by atoms with Gasteiger partial charge in [-0.25, -0.2) is 14.5 Å². The maximum absolute atomic E-state index is 11.0. The van der Waals surface area contributed by atoms with Gasteiger partial charge in [-0.3, -0.25) is 0 Å². The minimum absolute atomic E-state index is 0.0498. The number of nitro groups is 1. The lowest BCUT2D eigenvalue weighted by Crippen LogP contribution is -2.19. The summed E-state index contributed by atoms with van der Waals surface area (Å²) in [6.45, 7) is 1.56. The molecule has 0 bridgehead atoms. The van der Waals surface area contributed by atoms with Crippen molar-refractivity contribution in [3.63, 3.8) is 0 Å². The van der Waals surface area contributed by atoms with E-state index in [1.54, 1.807) is 7.05 Å². The van der Waals surface area contributed by atoms with Crippen molar-refractivity contribution in [3.8, 4) is 11.6 Å². The first-order valence-electron chi connectivity index (χ1n) is 7.25. The van der Waals surface area contributed by atoms with E-state index in [1.165, 1.54) is 10.8 Å². The van der Waals surface area contributed by atoms with Crippen molar-refractivity contribution in [3.05, 3.63) is 40.6 Å².